The van der Waals surface area contributed by atoms with Crippen molar-refractivity contribution in [2.75, 3.05) is 11.9 Å². The van der Waals surface area contributed by atoms with Crippen molar-refractivity contribution in [3.8, 4) is 10.6 Å². The fourth-order valence-electron chi connectivity index (χ4n) is 1.59. The molecule has 0 radical (unpaired) electrons. The van der Waals surface area contributed by atoms with E-state index in [4.69, 9.17) is 0 Å². The summed E-state index contributed by atoms with van der Waals surface area (Å²) in [7, 11) is 0. The Balaban J connectivity index is 2.15. The topological polar surface area (TPSA) is 37.8 Å². The Bertz CT molecular complexity index is 514. The molecule has 0 amide bonds. The first-order valence-electron chi connectivity index (χ1n) is 6.26. The molecule has 98 valence electrons. The number of rotatable bonds is 5. The number of aryl methyl sites for hydroxylation is 2. The molecule has 0 aromatic carbocycles. The van der Waals surface area contributed by atoms with E-state index < -0.39 is 0 Å². The van der Waals surface area contributed by atoms with Crippen molar-refractivity contribution in [1.82, 2.24) is 9.97 Å². The molecule has 2 rings (SSSR count). The van der Waals surface area contributed by atoms with Gasteiger partial charge in [0.15, 0.2) is 5.13 Å². The molecule has 2 aromatic heterocycles. The Labute approximate surface area is 116 Å². The maximum Gasteiger partial charge on any atom is 0.183 e. The Morgan fingerprint density at radius 2 is 2.11 bits per heavy atom. The summed E-state index contributed by atoms with van der Waals surface area (Å²) in [5, 5.41) is 7.67. The van der Waals surface area contributed by atoms with Crippen LogP contribution in [0, 0.1) is 12.8 Å². The molecular formula is C13H19N3S2. The van der Waals surface area contributed by atoms with E-state index in [9.17, 15) is 0 Å². The number of nitrogens with one attached hydrogen (secondary N) is 1. The van der Waals surface area contributed by atoms with Crippen LogP contribution in [0.15, 0.2) is 5.38 Å². The fraction of sp³-hybridized carbons (Fsp3) is 0.538. The van der Waals surface area contributed by atoms with Gasteiger partial charge in [0, 0.05) is 11.9 Å². The van der Waals surface area contributed by atoms with E-state index in [0.29, 0.717) is 5.92 Å². The van der Waals surface area contributed by atoms with Crippen LogP contribution >= 0.6 is 22.7 Å². The average molecular weight is 281 g/mol. The molecule has 0 spiro atoms. The van der Waals surface area contributed by atoms with Crippen molar-refractivity contribution in [2.45, 2.75) is 34.1 Å². The van der Waals surface area contributed by atoms with E-state index in [2.05, 4.69) is 48.4 Å². The van der Waals surface area contributed by atoms with Gasteiger partial charge in [-0.25, -0.2) is 9.97 Å². The summed E-state index contributed by atoms with van der Waals surface area (Å²) in [5.74, 6) is 0.634. The molecule has 18 heavy (non-hydrogen) atoms. The van der Waals surface area contributed by atoms with E-state index in [0.717, 1.165) is 29.5 Å². The highest BCUT2D eigenvalue weighted by atomic mass is 32.1. The summed E-state index contributed by atoms with van der Waals surface area (Å²) >= 11 is 3.42. The van der Waals surface area contributed by atoms with Crippen LogP contribution in [0.2, 0.25) is 0 Å². The number of hydrogen-bond donors (Lipinski definition) is 1. The summed E-state index contributed by atoms with van der Waals surface area (Å²) in [6, 6.07) is 0. The van der Waals surface area contributed by atoms with Gasteiger partial charge < -0.3 is 5.32 Å². The van der Waals surface area contributed by atoms with Crippen LogP contribution in [-0.2, 0) is 6.42 Å². The quantitative estimate of drug-likeness (QED) is 0.892. The minimum Gasteiger partial charge on any atom is -0.361 e. The molecule has 5 heteroatoms. The molecule has 1 N–H and O–H groups in total. The summed E-state index contributed by atoms with van der Waals surface area (Å²) in [5.41, 5.74) is 2.15. The lowest BCUT2D eigenvalue weighted by Crippen LogP contribution is -2.07. The number of thiazole rings is 2. The highest BCUT2D eigenvalue weighted by Crippen LogP contribution is 2.32. The summed E-state index contributed by atoms with van der Waals surface area (Å²) in [6.45, 7) is 9.56. The second kappa shape index (κ2) is 5.80. The zero-order chi connectivity index (χ0) is 13.1. The number of hydrogen-bond acceptors (Lipinski definition) is 5. The Morgan fingerprint density at radius 1 is 1.33 bits per heavy atom. The predicted molar refractivity (Wildman–Crippen MR) is 80.7 cm³/mol. The fourth-order valence-corrected chi connectivity index (χ4v) is 3.34. The first-order chi connectivity index (χ1) is 8.60. The summed E-state index contributed by atoms with van der Waals surface area (Å²) in [6.07, 6.45) is 0.994. The van der Waals surface area contributed by atoms with Gasteiger partial charge in [-0.3, -0.25) is 0 Å². The van der Waals surface area contributed by atoms with E-state index in [1.807, 2.05) is 0 Å². The van der Waals surface area contributed by atoms with Gasteiger partial charge in [0.05, 0.1) is 21.3 Å². The van der Waals surface area contributed by atoms with Crippen molar-refractivity contribution in [3.05, 3.63) is 16.1 Å². The molecule has 0 unspecified atom stereocenters. The van der Waals surface area contributed by atoms with E-state index >= 15 is 0 Å². The first kappa shape index (κ1) is 13.5. The second-order valence-corrected chi connectivity index (χ2v) is 6.63. The third-order valence-corrected chi connectivity index (χ3v) is 4.67. The molecule has 0 saturated carbocycles. The molecule has 0 aliphatic rings. The summed E-state index contributed by atoms with van der Waals surface area (Å²) < 4.78 is 0. The van der Waals surface area contributed by atoms with E-state index in [1.54, 1.807) is 22.7 Å². The maximum atomic E-state index is 4.64. The van der Waals surface area contributed by atoms with Crippen LogP contribution in [0.25, 0.3) is 10.6 Å². The molecule has 0 saturated heterocycles. The molecule has 0 atom stereocenters. The first-order valence-corrected chi connectivity index (χ1v) is 7.95. The minimum absolute atomic E-state index is 0.634. The van der Waals surface area contributed by atoms with Crippen LogP contribution in [0.1, 0.15) is 31.5 Å². The van der Waals surface area contributed by atoms with Gasteiger partial charge in [0.2, 0.25) is 0 Å². The highest BCUT2D eigenvalue weighted by Gasteiger charge is 2.12. The third kappa shape index (κ3) is 3.09. The van der Waals surface area contributed by atoms with Gasteiger partial charge >= 0.3 is 0 Å². The molecular weight excluding hydrogens is 262 g/mol. The van der Waals surface area contributed by atoms with Crippen LogP contribution in [0.5, 0.6) is 0 Å². The molecule has 3 nitrogen and oxygen atoms in total. The van der Waals surface area contributed by atoms with Gasteiger partial charge in [-0.15, -0.1) is 22.7 Å². The molecule has 2 aromatic rings. The molecule has 0 aliphatic heterocycles. The van der Waals surface area contributed by atoms with Gasteiger partial charge in [-0.2, -0.15) is 0 Å². The van der Waals surface area contributed by atoms with Crippen molar-refractivity contribution < 1.29 is 0 Å². The van der Waals surface area contributed by atoms with Crippen LogP contribution < -0.4 is 5.32 Å². The van der Waals surface area contributed by atoms with Crippen molar-refractivity contribution in [1.29, 1.82) is 0 Å². The lowest BCUT2D eigenvalue weighted by Gasteiger charge is -2.04. The molecule has 2 heterocycles. The second-order valence-electron chi connectivity index (χ2n) is 4.69. The van der Waals surface area contributed by atoms with Crippen LogP contribution in [0.3, 0.4) is 0 Å². The number of anilines is 1. The van der Waals surface area contributed by atoms with Gasteiger partial charge in [0.25, 0.3) is 0 Å². The molecule has 0 bridgehead atoms. The lowest BCUT2D eigenvalue weighted by atomic mass is 10.2. The van der Waals surface area contributed by atoms with E-state index in [-0.39, 0.29) is 0 Å². The largest absolute Gasteiger partial charge is 0.361 e. The van der Waals surface area contributed by atoms with Crippen LogP contribution in [0.4, 0.5) is 5.13 Å². The minimum atomic E-state index is 0.634. The van der Waals surface area contributed by atoms with Crippen molar-refractivity contribution >= 4 is 27.8 Å². The van der Waals surface area contributed by atoms with Crippen molar-refractivity contribution in [3.63, 3.8) is 0 Å². The molecule has 0 fully saturated rings. The normalized spacial score (nSPS) is 11.2. The van der Waals surface area contributed by atoms with Crippen LogP contribution in [-0.4, -0.2) is 16.5 Å². The number of nitrogens with zero attached hydrogens (tertiary/aromatic N) is 2. The lowest BCUT2D eigenvalue weighted by molar-refractivity contribution is 0.688. The Hall–Kier alpha value is -0.940. The molecule has 0 aliphatic carbocycles. The van der Waals surface area contributed by atoms with Gasteiger partial charge in [-0.1, -0.05) is 20.8 Å². The highest BCUT2D eigenvalue weighted by molar-refractivity contribution is 7.16. The Morgan fingerprint density at radius 3 is 2.72 bits per heavy atom. The predicted octanol–water partition coefficient (Wildman–Crippen LogP) is 4.21. The van der Waals surface area contributed by atoms with E-state index in [1.165, 1.54) is 9.88 Å². The van der Waals surface area contributed by atoms with Gasteiger partial charge in [-0.05, 0) is 19.3 Å². The standard InChI is InChI=1S/C13H19N3S2/c1-5-11-15-9(4)12(18-11)10-7-17-13(16-10)14-6-8(2)3/h7-8H,5-6H2,1-4H3,(H,14,16). The SMILES string of the molecule is CCc1nc(C)c(-c2csc(NCC(C)C)n2)s1. The monoisotopic (exact) mass is 281 g/mol. The smallest absolute Gasteiger partial charge is 0.183 e. The Kier molecular flexibility index (Phi) is 4.35. The maximum absolute atomic E-state index is 4.64. The average Bonchev–Trinajstić information content (AvgIpc) is 2.92. The van der Waals surface area contributed by atoms with Crippen molar-refractivity contribution in [2.24, 2.45) is 5.92 Å². The zero-order valence-corrected chi connectivity index (χ0v) is 12.9. The third-order valence-electron chi connectivity index (χ3n) is 2.54. The number of aromatic nitrogens is 2. The zero-order valence-electron chi connectivity index (χ0n) is 11.3. The van der Waals surface area contributed by atoms with Gasteiger partial charge in [0.1, 0.15) is 0 Å². The summed E-state index contributed by atoms with van der Waals surface area (Å²) in [4.78, 5) is 10.4.